The molecule has 0 unspecified atom stereocenters. The SMILES string of the molecule is Cc1ccc(-c2cc3c(N4CCC[C@H](C(=O)O)C4)nccn3n2)c(C)c1. The molecule has 0 spiro atoms. The van der Waals surface area contributed by atoms with Gasteiger partial charge in [-0.1, -0.05) is 23.8 Å². The van der Waals surface area contributed by atoms with Crippen LogP contribution in [0.2, 0.25) is 0 Å². The van der Waals surface area contributed by atoms with E-state index in [1.54, 1.807) is 6.20 Å². The molecule has 0 saturated carbocycles. The summed E-state index contributed by atoms with van der Waals surface area (Å²) in [6.45, 7) is 5.48. The van der Waals surface area contributed by atoms with E-state index in [1.807, 2.05) is 16.8 Å². The summed E-state index contributed by atoms with van der Waals surface area (Å²) in [4.78, 5) is 18.0. The number of benzene rings is 1. The topological polar surface area (TPSA) is 70.7 Å². The molecule has 1 atom stereocenters. The third-order valence-corrected chi connectivity index (χ3v) is 5.10. The van der Waals surface area contributed by atoms with Crippen LogP contribution in [0.4, 0.5) is 5.82 Å². The maximum absolute atomic E-state index is 11.4. The molecular weight excluding hydrogens is 328 g/mol. The van der Waals surface area contributed by atoms with Gasteiger partial charge in [-0.15, -0.1) is 0 Å². The van der Waals surface area contributed by atoms with Gasteiger partial charge < -0.3 is 10.0 Å². The summed E-state index contributed by atoms with van der Waals surface area (Å²) < 4.78 is 1.83. The normalized spacial score (nSPS) is 17.6. The summed E-state index contributed by atoms with van der Waals surface area (Å²) in [5.41, 5.74) is 5.33. The van der Waals surface area contributed by atoms with Gasteiger partial charge in [0.25, 0.3) is 0 Å². The smallest absolute Gasteiger partial charge is 0.308 e. The number of piperidine rings is 1. The van der Waals surface area contributed by atoms with Crippen LogP contribution in [0, 0.1) is 19.8 Å². The molecule has 6 nitrogen and oxygen atoms in total. The number of aryl methyl sites for hydroxylation is 2. The van der Waals surface area contributed by atoms with E-state index < -0.39 is 5.97 Å². The second-order valence-electron chi connectivity index (χ2n) is 7.05. The zero-order valence-corrected chi connectivity index (χ0v) is 15.0. The number of aliphatic carboxylic acids is 1. The Morgan fingerprint density at radius 1 is 1.27 bits per heavy atom. The Kier molecular flexibility index (Phi) is 4.11. The van der Waals surface area contributed by atoms with E-state index >= 15 is 0 Å². The van der Waals surface area contributed by atoms with Gasteiger partial charge in [0.1, 0.15) is 5.52 Å². The van der Waals surface area contributed by atoms with Crippen LogP contribution in [-0.2, 0) is 4.79 Å². The summed E-state index contributed by atoms with van der Waals surface area (Å²) >= 11 is 0. The highest BCUT2D eigenvalue weighted by atomic mass is 16.4. The molecule has 3 aromatic rings. The zero-order chi connectivity index (χ0) is 18.3. The van der Waals surface area contributed by atoms with Crippen LogP contribution in [-0.4, -0.2) is 38.8 Å². The van der Waals surface area contributed by atoms with Crippen LogP contribution in [0.15, 0.2) is 36.7 Å². The standard InChI is InChI=1S/C20H22N4O2/c1-13-5-6-16(14(2)10-13)17-11-18-19(21-7-9-24(18)22-17)23-8-3-4-15(12-23)20(25)26/h5-7,9-11,15H,3-4,8,12H2,1-2H3,(H,25,26)/t15-/m0/s1. The molecule has 0 amide bonds. The van der Waals surface area contributed by atoms with Crippen molar-refractivity contribution in [3.05, 3.63) is 47.8 Å². The van der Waals surface area contributed by atoms with E-state index in [-0.39, 0.29) is 5.92 Å². The molecule has 1 saturated heterocycles. The summed E-state index contributed by atoms with van der Waals surface area (Å²) in [5, 5.41) is 14.1. The lowest BCUT2D eigenvalue weighted by Gasteiger charge is -2.31. The molecule has 26 heavy (non-hydrogen) atoms. The molecule has 3 heterocycles. The van der Waals surface area contributed by atoms with Crippen LogP contribution >= 0.6 is 0 Å². The third-order valence-electron chi connectivity index (χ3n) is 5.10. The van der Waals surface area contributed by atoms with Crippen molar-refractivity contribution in [2.24, 2.45) is 5.92 Å². The Bertz CT molecular complexity index is 979. The molecular formula is C20H22N4O2. The van der Waals surface area contributed by atoms with E-state index in [4.69, 9.17) is 5.10 Å². The molecule has 1 fully saturated rings. The predicted octanol–water partition coefficient (Wildman–Crippen LogP) is 3.31. The summed E-state index contributed by atoms with van der Waals surface area (Å²) in [5.74, 6) is -0.263. The number of nitrogens with zero attached hydrogens (tertiary/aromatic N) is 4. The molecule has 134 valence electrons. The lowest BCUT2D eigenvalue weighted by Crippen LogP contribution is -2.39. The number of hydrogen-bond acceptors (Lipinski definition) is 4. The number of fused-ring (bicyclic) bond motifs is 1. The number of rotatable bonds is 3. The van der Waals surface area contributed by atoms with E-state index in [9.17, 15) is 9.90 Å². The van der Waals surface area contributed by atoms with Crippen molar-refractivity contribution in [3.8, 4) is 11.3 Å². The lowest BCUT2D eigenvalue weighted by atomic mass is 9.98. The van der Waals surface area contributed by atoms with Crippen molar-refractivity contribution in [2.45, 2.75) is 26.7 Å². The molecule has 6 heteroatoms. The molecule has 0 aliphatic carbocycles. The fourth-order valence-electron chi connectivity index (χ4n) is 3.76. The number of anilines is 1. The minimum absolute atomic E-state index is 0.340. The highest BCUT2D eigenvalue weighted by Crippen LogP contribution is 2.29. The van der Waals surface area contributed by atoms with Gasteiger partial charge in [-0.3, -0.25) is 4.79 Å². The molecule has 0 radical (unpaired) electrons. The van der Waals surface area contributed by atoms with Crippen LogP contribution in [0.5, 0.6) is 0 Å². The fraction of sp³-hybridized carbons (Fsp3) is 0.350. The molecule has 1 N–H and O–H groups in total. The first-order valence-corrected chi connectivity index (χ1v) is 8.92. The third kappa shape index (κ3) is 2.92. The number of hydrogen-bond donors (Lipinski definition) is 1. The minimum atomic E-state index is -0.730. The van der Waals surface area contributed by atoms with E-state index in [0.717, 1.165) is 42.0 Å². The molecule has 1 aliphatic heterocycles. The van der Waals surface area contributed by atoms with Gasteiger partial charge in [0.05, 0.1) is 11.6 Å². The summed E-state index contributed by atoms with van der Waals surface area (Å²) in [6, 6.07) is 8.39. The number of carboxylic acids is 1. The predicted molar refractivity (Wildman–Crippen MR) is 100 cm³/mol. The Hall–Kier alpha value is -2.89. The van der Waals surface area contributed by atoms with Crippen LogP contribution in [0.25, 0.3) is 16.8 Å². The first kappa shape index (κ1) is 16.6. The largest absolute Gasteiger partial charge is 0.481 e. The minimum Gasteiger partial charge on any atom is -0.481 e. The van der Waals surface area contributed by atoms with E-state index in [2.05, 4.69) is 41.9 Å². The van der Waals surface area contributed by atoms with Crippen LogP contribution in [0.1, 0.15) is 24.0 Å². The maximum Gasteiger partial charge on any atom is 0.308 e. The second-order valence-corrected chi connectivity index (χ2v) is 7.05. The maximum atomic E-state index is 11.4. The highest BCUT2D eigenvalue weighted by Gasteiger charge is 2.27. The Morgan fingerprint density at radius 3 is 2.88 bits per heavy atom. The van der Waals surface area contributed by atoms with Gasteiger partial charge in [-0.25, -0.2) is 9.50 Å². The van der Waals surface area contributed by atoms with Gasteiger partial charge in [-0.2, -0.15) is 5.10 Å². The van der Waals surface area contributed by atoms with Crippen molar-refractivity contribution < 1.29 is 9.90 Å². The Balaban J connectivity index is 1.75. The van der Waals surface area contributed by atoms with Crippen molar-refractivity contribution in [3.63, 3.8) is 0 Å². The van der Waals surface area contributed by atoms with Gasteiger partial charge in [0, 0.05) is 31.0 Å². The number of carboxylic acid groups (broad SMARTS) is 1. The number of aromatic nitrogens is 3. The molecule has 2 aromatic heterocycles. The molecule has 1 aromatic carbocycles. The first-order chi connectivity index (χ1) is 12.5. The van der Waals surface area contributed by atoms with Gasteiger partial charge in [0.15, 0.2) is 5.82 Å². The van der Waals surface area contributed by atoms with Crippen LogP contribution < -0.4 is 4.90 Å². The molecule has 1 aliphatic rings. The lowest BCUT2D eigenvalue weighted by molar-refractivity contribution is -0.141. The highest BCUT2D eigenvalue weighted by molar-refractivity contribution is 5.77. The summed E-state index contributed by atoms with van der Waals surface area (Å²) in [6.07, 6.45) is 5.15. The molecule has 4 rings (SSSR count). The van der Waals surface area contributed by atoms with Crippen LogP contribution in [0.3, 0.4) is 0 Å². The van der Waals surface area contributed by atoms with Gasteiger partial charge >= 0.3 is 5.97 Å². The average molecular weight is 350 g/mol. The zero-order valence-electron chi connectivity index (χ0n) is 15.0. The first-order valence-electron chi connectivity index (χ1n) is 8.92. The quantitative estimate of drug-likeness (QED) is 0.785. The van der Waals surface area contributed by atoms with Crippen molar-refractivity contribution >= 4 is 17.3 Å². The van der Waals surface area contributed by atoms with E-state index in [1.165, 1.54) is 11.1 Å². The second kappa shape index (κ2) is 6.44. The Morgan fingerprint density at radius 2 is 2.12 bits per heavy atom. The van der Waals surface area contributed by atoms with Gasteiger partial charge in [-0.05, 0) is 38.3 Å². The Labute approximate surface area is 152 Å². The van der Waals surface area contributed by atoms with Crippen molar-refractivity contribution in [1.82, 2.24) is 14.6 Å². The monoisotopic (exact) mass is 350 g/mol. The van der Waals surface area contributed by atoms with Gasteiger partial charge in [0.2, 0.25) is 0 Å². The van der Waals surface area contributed by atoms with Crippen molar-refractivity contribution in [1.29, 1.82) is 0 Å². The molecule has 0 bridgehead atoms. The van der Waals surface area contributed by atoms with E-state index in [0.29, 0.717) is 6.54 Å². The average Bonchev–Trinajstić information content (AvgIpc) is 3.05. The summed E-state index contributed by atoms with van der Waals surface area (Å²) in [7, 11) is 0. The fourth-order valence-corrected chi connectivity index (χ4v) is 3.76. The van der Waals surface area contributed by atoms with Crippen molar-refractivity contribution in [2.75, 3.05) is 18.0 Å². The number of carbonyl (C=O) groups is 1.